The van der Waals surface area contributed by atoms with Crippen molar-refractivity contribution in [1.29, 1.82) is 0 Å². The highest BCUT2D eigenvalue weighted by molar-refractivity contribution is 6.28. The van der Waals surface area contributed by atoms with Crippen molar-refractivity contribution in [1.82, 2.24) is 9.97 Å². The van der Waals surface area contributed by atoms with Crippen molar-refractivity contribution in [3.05, 3.63) is 21.6 Å². The molecule has 1 fully saturated rings. The second-order valence-corrected chi connectivity index (χ2v) is 4.86. The van der Waals surface area contributed by atoms with Gasteiger partial charge in [-0.1, -0.05) is 12.8 Å². The van der Waals surface area contributed by atoms with E-state index in [1.165, 1.54) is 0 Å². The Labute approximate surface area is 104 Å². The van der Waals surface area contributed by atoms with Gasteiger partial charge in [0, 0.05) is 5.54 Å². The molecule has 17 heavy (non-hydrogen) atoms. The first-order valence-corrected chi connectivity index (χ1v) is 5.83. The summed E-state index contributed by atoms with van der Waals surface area (Å²) in [6, 6.07) is 0. The summed E-state index contributed by atoms with van der Waals surface area (Å²) in [7, 11) is 0. The Morgan fingerprint density at radius 3 is 2.76 bits per heavy atom. The average Bonchev–Trinajstić information content (AvgIpc) is 2.64. The van der Waals surface area contributed by atoms with E-state index in [1.54, 1.807) is 0 Å². The highest BCUT2D eigenvalue weighted by atomic mass is 35.5. The van der Waals surface area contributed by atoms with E-state index in [9.17, 15) is 10.1 Å². The van der Waals surface area contributed by atoms with Gasteiger partial charge in [-0.25, -0.2) is 4.98 Å². The van der Waals surface area contributed by atoms with Crippen molar-refractivity contribution in [2.24, 2.45) is 0 Å². The molecule has 1 heterocycles. The highest BCUT2D eigenvalue weighted by Crippen LogP contribution is 2.34. The zero-order chi connectivity index (χ0) is 12.5. The molecule has 1 saturated carbocycles. The van der Waals surface area contributed by atoms with E-state index < -0.39 is 4.92 Å². The first-order valence-electron chi connectivity index (χ1n) is 5.45. The molecule has 1 aromatic heterocycles. The van der Waals surface area contributed by atoms with Crippen LogP contribution in [-0.4, -0.2) is 20.4 Å². The predicted octanol–water partition coefficient (Wildman–Crippen LogP) is 2.78. The van der Waals surface area contributed by atoms with Crippen molar-refractivity contribution < 1.29 is 4.92 Å². The first-order chi connectivity index (χ1) is 8.00. The number of hydrogen-bond acceptors (Lipinski definition) is 5. The van der Waals surface area contributed by atoms with Gasteiger partial charge < -0.3 is 5.32 Å². The molecule has 0 atom stereocenters. The summed E-state index contributed by atoms with van der Waals surface area (Å²) >= 11 is 5.67. The van der Waals surface area contributed by atoms with Crippen molar-refractivity contribution >= 4 is 23.1 Å². The molecule has 0 aliphatic heterocycles. The number of halogens is 1. The quantitative estimate of drug-likeness (QED) is 0.511. The lowest BCUT2D eigenvalue weighted by molar-refractivity contribution is -0.384. The van der Waals surface area contributed by atoms with Crippen LogP contribution < -0.4 is 5.32 Å². The molecule has 0 aromatic carbocycles. The van der Waals surface area contributed by atoms with Crippen LogP contribution in [0.15, 0.2) is 6.20 Å². The molecule has 0 spiro atoms. The number of anilines is 1. The topological polar surface area (TPSA) is 81.0 Å². The third kappa shape index (κ3) is 2.63. The van der Waals surface area contributed by atoms with Gasteiger partial charge in [-0.3, -0.25) is 10.1 Å². The zero-order valence-electron chi connectivity index (χ0n) is 9.44. The van der Waals surface area contributed by atoms with Crippen LogP contribution in [0.3, 0.4) is 0 Å². The molecule has 0 unspecified atom stereocenters. The molecular weight excluding hydrogens is 244 g/mol. The minimum absolute atomic E-state index is 0.0136. The molecule has 1 aromatic rings. The summed E-state index contributed by atoms with van der Waals surface area (Å²) in [4.78, 5) is 17.9. The van der Waals surface area contributed by atoms with Gasteiger partial charge in [0.15, 0.2) is 0 Å². The van der Waals surface area contributed by atoms with Crippen LogP contribution in [0.1, 0.15) is 32.6 Å². The lowest BCUT2D eigenvalue weighted by atomic mass is 10.0. The van der Waals surface area contributed by atoms with Crippen molar-refractivity contribution in [3.8, 4) is 0 Å². The number of nitro groups is 1. The van der Waals surface area contributed by atoms with Gasteiger partial charge in [-0.15, -0.1) is 0 Å². The van der Waals surface area contributed by atoms with Crippen LogP contribution >= 0.6 is 11.6 Å². The Balaban J connectivity index is 2.30. The van der Waals surface area contributed by atoms with E-state index in [-0.39, 0.29) is 22.3 Å². The van der Waals surface area contributed by atoms with E-state index >= 15 is 0 Å². The molecule has 0 bridgehead atoms. The van der Waals surface area contributed by atoms with Gasteiger partial charge in [0.25, 0.3) is 0 Å². The molecule has 0 radical (unpaired) electrons. The molecule has 1 aliphatic carbocycles. The van der Waals surface area contributed by atoms with Crippen LogP contribution in [-0.2, 0) is 0 Å². The Morgan fingerprint density at radius 1 is 1.53 bits per heavy atom. The largest absolute Gasteiger partial charge is 0.359 e. The van der Waals surface area contributed by atoms with Gasteiger partial charge in [0.1, 0.15) is 6.20 Å². The lowest BCUT2D eigenvalue weighted by Gasteiger charge is -2.25. The maximum Gasteiger partial charge on any atom is 0.329 e. The van der Waals surface area contributed by atoms with Crippen LogP contribution in [0, 0.1) is 10.1 Å². The minimum atomic E-state index is -0.503. The third-order valence-corrected chi connectivity index (χ3v) is 3.25. The van der Waals surface area contributed by atoms with Gasteiger partial charge in [0.2, 0.25) is 11.1 Å². The SMILES string of the molecule is CC1(Nc2nc(Cl)ncc2[N+](=O)[O-])CCCC1. The van der Waals surface area contributed by atoms with Gasteiger partial charge in [-0.2, -0.15) is 4.98 Å². The van der Waals surface area contributed by atoms with Crippen LogP contribution in [0.25, 0.3) is 0 Å². The number of nitrogens with zero attached hydrogens (tertiary/aromatic N) is 3. The highest BCUT2D eigenvalue weighted by Gasteiger charge is 2.31. The molecular formula is C10H13ClN4O2. The Hall–Kier alpha value is -1.43. The molecule has 92 valence electrons. The van der Waals surface area contributed by atoms with E-state index in [0.717, 1.165) is 31.9 Å². The van der Waals surface area contributed by atoms with Crippen LogP contribution in [0.5, 0.6) is 0 Å². The van der Waals surface area contributed by atoms with Crippen molar-refractivity contribution in [3.63, 3.8) is 0 Å². The fourth-order valence-corrected chi connectivity index (χ4v) is 2.28. The van der Waals surface area contributed by atoms with Gasteiger partial charge in [-0.05, 0) is 31.4 Å². The van der Waals surface area contributed by atoms with E-state index in [0.29, 0.717) is 0 Å². The third-order valence-electron chi connectivity index (χ3n) is 3.06. The normalized spacial score (nSPS) is 18.0. The molecule has 6 nitrogen and oxygen atoms in total. The summed E-state index contributed by atoms with van der Waals surface area (Å²) in [5.74, 6) is 0.208. The first kappa shape index (κ1) is 12.0. The summed E-state index contributed by atoms with van der Waals surface area (Å²) in [5, 5.41) is 14.0. The van der Waals surface area contributed by atoms with Gasteiger partial charge >= 0.3 is 5.69 Å². The van der Waals surface area contributed by atoms with Crippen molar-refractivity contribution in [2.75, 3.05) is 5.32 Å². The second-order valence-electron chi connectivity index (χ2n) is 4.52. The maximum absolute atomic E-state index is 10.9. The number of nitrogens with one attached hydrogen (secondary N) is 1. The number of hydrogen-bond donors (Lipinski definition) is 1. The maximum atomic E-state index is 10.9. The average molecular weight is 257 g/mol. The molecule has 7 heteroatoms. The molecule has 2 rings (SSSR count). The fourth-order valence-electron chi connectivity index (χ4n) is 2.15. The number of aromatic nitrogens is 2. The Bertz CT molecular complexity index is 446. The van der Waals surface area contributed by atoms with E-state index in [4.69, 9.17) is 11.6 Å². The molecule has 0 amide bonds. The van der Waals surface area contributed by atoms with Crippen LogP contribution in [0.2, 0.25) is 5.28 Å². The summed E-state index contributed by atoms with van der Waals surface area (Å²) in [6.45, 7) is 2.04. The smallest absolute Gasteiger partial charge is 0.329 e. The Kier molecular flexibility index (Phi) is 3.15. The fraction of sp³-hybridized carbons (Fsp3) is 0.600. The summed E-state index contributed by atoms with van der Waals surface area (Å²) in [5.41, 5.74) is -0.273. The Morgan fingerprint density at radius 2 is 2.18 bits per heavy atom. The predicted molar refractivity (Wildman–Crippen MR) is 64.2 cm³/mol. The minimum Gasteiger partial charge on any atom is -0.359 e. The summed E-state index contributed by atoms with van der Waals surface area (Å²) in [6.07, 6.45) is 5.33. The summed E-state index contributed by atoms with van der Waals surface area (Å²) < 4.78 is 0. The monoisotopic (exact) mass is 256 g/mol. The van der Waals surface area contributed by atoms with Crippen molar-refractivity contribution in [2.45, 2.75) is 38.1 Å². The standard InChI is InChI=1S/C10H13ClN4O2/c1-10(4-2-3-5-10)14-8-7(15(16)17)6-12-9(11)13-8/h6H,2-5H2,1H3,(H,12,13,14). The zero-order valence-corrected chi connectivity index (χ0v) is 10.2. The lowest BCUT2D eigenvalue weighted by Crippen LogP contribution is -2.31. The second kappa shape index (κ2) is 4.44. The molecule has 1 N–H and O–H groups in total. The van der Waals surface area contributed by atoms with Gasteiger partial charge in [0.05, 0.1) is 4.92 Å². The molecule has 0 saturated heterocycles. The number of rotatable bonds is 3. The van der Waals surface area contributed by atoms with Crippen LogP contribution in [0.4, 0.5) is 11.5 Å². The van der Waals surface area contributed by atoms with E-state index in [2.05, 4.69) is 15.3 Å². The molecule has 1 aliphatic rings. The van der Waals surface area contributed by atoms with E-state index in [1.807, 2.05) is 6.92 Å².